The molecule has 0 heterocycles. The molecule has 1 rings (SSSR count). The molecule has 120 valence electrons. The Kier molecular flexibility index (Phi) is 8.58. The van der Waals surface area contributed by atoms with Crippen LogP contribution in [0.2, 0.25) is 0 Å². The maximum absolute atomic E-state index is 3.44. The Labute approximate surface area is 131 Å². The first-order valence-corrected chi connectivity index (χ1v) is 8.17. The molecule has 1 N–H and O–H groups in total. The summed E-state index contributed by atoms with van der Waals surface area (Å²) >= 11 is 0. The van der Waals surface area contributed by atoms with Crippen LogP contribution in [-0.2, 0) is 13.1 Å². The summed E-state index contributed by atoms with van der Waals surface area (Å²) in [5, 5.41) is 3.44. The van der Waals surface area contributed by atoms with Crippen LogP contribution in [0.15, 0.2) is 24.3 Å². The Morgan fingerprint density at radius 1 is 1.05 bits per heavy atom. The lowest BCUT2D eigenvalue weighted by Gasteiger charge is -2.27. The molecule has 0 bridgehead atoms. The molecule has 0 radical (unpaired) electrons. The molecule has 0 saturated carbocycles. The zero-order chi connectivity index (χ0) is 15.7. The predicted octanol–water partition coefficient (Wildman–Crippen LogP) is 2.82. The summed E-state index contributed by atoms with van der Waals surface area (Å²) in [4.78, 5) is 4.84. The number of hydrogen-bond donors (Lipinski definition) is 1. The largest absolute Gasteiger partial charge is 0.313 e. The molecule has 0 amide bonds. The SMILES string of the molecule is CCNCc1ccccc1CN(CCN(C)C)CC(C)C. The van der Waals surface area contributed by atoms with E-state index in [0.29, 0.717) is 5.92 Å². The third-order valence-corrected chi connectivity index (χ3v) is 3.56. The monoisotopic (exact) mass is 291 g/mol. The highest BCUT2D eigenvalue weighted by Gasteiger charge is 2.11. The van der Waals surface area contributed by atoms with Crippen molar-refractivity contribution in [3.05, 3.63) is 35.4 Å². The highest BCUT2D eigenvalue weighted by Crippen LogP contribution is 2.13. The van der Waals surface area contributed by atoms with Gasteiger partial charge >= 0.3 is 0 Å². The van der Waals surface area contributed by atoms with Crippen LogP contribution in [0.4, 0.5) is 0 Å². The van der Waals surface area contributed by atoms with Gasteiger partial charge in [0.25, 0.3) is 0 Å². The molecule has 1 aromatic carbocycles. The fourth-order valence-electron chi connectivity index (χ4n) is 2.48. The predicted molar refractivity (Wildman–Crippen MR) is 92.5 cm³/mol. The molecule has 0 saturated heterocycles. The minimum Gasteiger partial charge on any atom is -0.313 e. The molecule has 1 aromatic rings. The first-order chi connectivity index (χ1) is 10.0. The second-order valence-corrected chi connectivity index (χ2v) is 6.48. The van der Waals surface area contributed by atoms with Gasteiger partial charge in [-0.25, -0.2) is 0 Å². The van der Waals surface area contributed by atoms with Gasteiger partial charge in [0.15, 0.2) is 0 Å². The summed E-state index contributed by atoms with van der Waals surface area (Å²) in [6.45, 7) is 13.2. The molecule has 3 nitrogen and oxygen atoms in total. The first-order valence-electron chi connectivity index (χ1n) is 8.17. The second kappa shape index (κ2) is 9.93. The summed E-state index contributed by atoms with van der Waals surface area (Å²) < 4.78 is 0. The standard InChI is InChI=1S/C18H33N3/c1-6-19-13-17-9-7-8-10-18(17)15-21(14-16(2)3)12-11-20(4)5/h7-10,16,19H,6,11-15H2,1-5H3. The average molecular weight is 291 g/mol. The van der Waals surface area contributed by atoms with E-state index in [0.717, 1.165) is 39.3 Å². The Morgan fingerprint density at radius 2 is 1.71 bits per heavy atom. The van der Waals surface area contributed by atoms with E-state index in [1.54, 1.807) is 0 Å². The molecule has 0 unspecified atom stereocenters. The zero-order valence-electron chi connectivity index (χ0n) is 14.5. The van der Waals surface area contributed by atoms with Crippen molar-refractivity contribution in [1.82, 2.24) is 15.1 Å². The van der Waals surface area contributed by atoms with Gasteiger partial charge in [-0.15, -0.1) is 0 Å². The normalized spacial score (nSPS) is 11.8. The molecular weight excluding hydrogens is 258 g/mol. The first kappa shape index (κ1) is 18.1. The van der Waals surface area contributed by atoms with Crippen molar-refractivity contribution < 1.29 is 0 Å². The van der Waals surface area contributed by atoms with E-state index in [-0.39, 0.29) is 0 Å². The van der Waals surface area contributed by atoms with E-state index in [1.807, 2.05) is 0 Å². The lowest BCUT2D eigenvalue weighted by molar-refractivity contribution is 0.211. The third kappa shape index (κ3) is 7.60. The van der Waals surface area contributed by atoms with Crippen LogP contribution in [0.1, 0.15) is 31.9 Å². The van der Waals surface area contributed by atoms with Crippen LogP contribution in [0.25, 0.3) is 0 Å². The minimum absolute atomic E-state index is 0.702. The summed E-state index contributed by atoms with van der Waals surface area (Å²) in [7, 11) is 4.29. The van der Waals surface area contributed by atoms with E-state index in [4.69, 9.17) is 0 Å². The number of hydrogen-bond acceptors (Lipinski definition) is 3. The average Bonchev–Trinajstić information content (AvgIpc) is 2.43. The van der Waals surface area contributed by atoms with Crippen molar-refractivity contribution >= 4 is 0 Å². The van der Waals surface area contributed by atoms with Crippen molar-refractivity contribution in [3.63, 3.8) is 0 Å². The third-order valence-electron chi connectivity index (χ3n) is 3.56. The van der Waals surface area contributed by atoms with Gasteiger partial charge in [0.2, 0.25) is 0 Å². The molecule has 0 fully saturated rings. The van der Waals surface area contributed by atoms with E-state index in [1.165, 1.54) is 11.1 Å². The van der Waals surface area contributed by atoms with E-state index in [2.05, 4.69) is 74.2 Å². The van der Waals surface area contributed by atoms with Gasteiger partial charge in [-0.2, -0.15) is 0 Å². The van der Waals surface area contributed by atoms with E-state index < -0.39 is 0 Å². The van der Waals surface area contributed by atoms with Crippen molar-refractivity contribution in [2.45, 2.75) is 33.9 Å². The fourth-order valence-corrected chi connectivity index (χ4v) is 2.48. The summed E-state index contributed by atoms with van der Waals surface area (Å²) in [6, 6.07) is 8.82. The van der Waals surface area contributed by atoms with Crippen molar-refractivity contribution in [3.8, 4) is 0 Å². The van der Waals surface area contributed by atoms with E-state index >= 15 is 0 Å². The number of likely N-dealkylation sites (N-methyl/N-ethyl adjacent to an activating group) is 1. The molecule has 21 heavy (non-hydrogen) atoms. The van der Waals surface area contributed by atoms with Crippen molar-refractivity contribution in [2.24, 2.45) is 5.92 Å². The number of rotatable bonds is 10. The lowest BCUT2D eigenvalue weighted by Crippen LogP contribution is -2.34. The Bertz CT molecular complexity index is 388. The van der Waals surface area contributed by atoms with Crippen molar-refractivity contribution in [1.29, 1.82) is 0 Å². The molecule has 0 aliphatic carbocycles. The van der Waals surface area contributed by atoms with E-state index in [9.17, 15) is 0 Å². The van der Waals surface area contributed by atoms with Gasteiger partial charge in [0.05, 0.1) is 0 Å². The van der Waals surface area contributed by atoms with Gasteiger partial charge in [0, 0.05) is 32.7 Å². The molecular formula is C18H33N3. The molecule has 0 aliphatic heterocycles. The molecule has 0 aromatic heterocycles. The Hall–Kier alpha value is -0.900. The summed E-state index contributed by atoms with van der Waals surface area (Å²) in [6.07, 6.45) is 0. The second-order valence-electron chi connectivity index (χ2n) is 6.48. The molecule has 0 spiro atoms. The number of benzene rings is 1. The lowest BCUT2D eigenvalue weighted by atomic mass is 10.1. The van der Waals surface area contributed by atoms with Gasteiger partial charge in [0.1, 0.15) is 0 Å². The number of nitrogens with zero attached hydrogens (tertiary/aromatic N) is 2. The van der Waals surface area contributed by atoms with Crippen molar-refractivity contribution in [2.75, 3.05) is 40.3 Å². The molecule has 0 atom stereocenters. The van der Waals surface area contributed by atoms with Crippen LogP contribution < -0.4 is 5.32 Å². The maximum Gasteiger partial charge on any atom is 0.0237 e. The summed E-state index contributed by atoms with van der Waals surface area (Å²) in [5.41, 5.74) is 2.89. The van der Waals surface area contributed by atoms with Gasteiger partial charge in [-0.3, -0.25) is 4.90 Å². The molecule has 0 aliphatic rings. The zero-order valence-corrected chi connectivity index (χ0v) is 14.5. The number of nitrogens with one attached hydrogen (secondary N) is 1. The Balaban J connectivity index is 2.72. The summed E-state index contributed by atoms with van der Waals surface area (Å²) in [5.74, 6) is 0.702. The van der Waals surface area contributed by atoms with Crippen LogP contribution in [-0.4, -0.2) is 50.1 Å². The highest BCUT2D eigenvalue weighted by atomic mass is 15.2. The fraction of sp³-hybridized carbons (Fsp3) is 0.667. The smallest absolute Gasteiger partial charge is 0.0237 e. The van der Waals surface area contributed by atoms with Crippen LogP contribution in [0.3, 0.4) is 0 Å². The van der Waals surface area contributed by atoms with Gasteiger partial charge in [-0.1, -0.05) is 45.0 Å². The van der Waals surface area contributed by atoms with Gasteiger partial charge < -0.3 is 10.2 Å². The maximum atomic E-state index is 3.44. The van der Waals surface area contributed by atoms with Crippen LogP contribution in [0, 0.1) is 5.92 Å². The van der Waals surface area contributed by atoms with Crippen LogP contribution >= 0.6 is 0 Å². The molecule has 3 heteroatoms. The van der Waals surface area contributed by atoms with Crippen LogP contribution in [0.5, 0.6) is 0 Å². The minimum atomic E-state index is 0.702. The van der Waals surface area contributed by atoms with Gasteiger partial charge in [-0.05, 0) is 37.7 Å². The topological polar surface area (TPSA) is 18.5 Å². The highest BCUT2D eigenvalue weighted by molar-refractivity contribution is 5.27. The Morgan fingerprint density at radius 3 is 2.29 bits per heavy atom. The quantitative estimate of drug-likeness (QED) is 0.715.